The van der Waals surface area contributed by atoms with E-state index in [1.54, 1.807) is 12.1 Å². The Balaban J connectivity index is 2.12. The number of hydrogen-bond acceptors (Lipinski definition) is 2. The number of aryl methyl sites for hydroxylation is 1. The highest BCUT2D eigenvalue weighted by molar-refractivity contribution is 6.30. The van der Waals surface area contributed by atoms with E-state index in [-0.39, 0.29) is 5.52 Å². The number of nitrogens with zero attached hydrogens (tertiary/aromatic N) is 1. The van der Waals surface area contributed by atoms with Crippen molar-refractivity contribution in [1.82, 2.24) is 4.98 Å². The highest BCUT2D eigenvalue weighted by atomic mass is 35.5. The summed E-state index contributed by atoms with van der Waals surface area (Å²) in [5.41, 5.74) is 2.47. The van der Waals surface area contributed by atoms with E-state index < -0.39 is 11.6 Å². The molecule has 0 aliphatic carbocycles. The van der Waals surface area contributed by atoms with Crippen LogP contribution in [-0.4, -0.2) is 4.98 Å². The first-order chi connectivity index (χ1) is 10.0. The van der Waals surface area contributed by atoms with Crippen molar-refractivity contribution < 1.29 is 8.78 Å². The van der Waals surface area contributed by atoms with Gasteiger partial charge in [-0.15, -0.1) is 0 Å². The van der Waals surface area contributed by atoms with Gasteiger partial charge in [0.1, 0.15) is 11.3 Å². The maximum atomic E-state index is 13.8. The predicted molar refractivity (Wildman–Crippen MR) is 81.1 cm³/mol. The lowest BCUT2D eigenvalue weighted by Crippen LogP contribution is -1.96. The number of fused-ring (bicyclic) bond motifs is 1. The van der Waals surface area contributed by atoms with Gasteiger partial charge >= 0.3 is 0 Å². The van der Waals surface area contributed by atoms with E-state index in [1.165, 1.54) is 12.3 Å². The highest BCUT2D eigenvalue weighted by Crippen LogP contribution is 2.29. The van der Waals surface area contributed by atoms with Crippen LogP contribution in [0, 0.1) is 18.6 Å². The SMILES string of the molecule is Cc1cc(Cl)ccc1Nc1ccnc2c(F)cc(F)cc12. The number of hydrogen-bond donors (Lipinski definition) is 1. The molecule has 0 saturated heterocycles. The molecule has 2 nitrogen and oxygen atoms in total. The summed E-state index contributed by atoms with van der Waals surface area (Å²) in [5, 5.41) is 4.19. The smallest absolute Gasteiger partial charge is 0.152 e. The topological polar surface area (TPSA) is 24.9 Å². The van der Waals surface area contributed by atoms with Crippen LogP contribution in [0.5, 0.6) is 0 Å². The van der Waals surface area contributed by atoms with E-state index in [9.17, 15) is 8.78 Å². The molecule has 0 bridgehead atoms. The summed E-state index contributed by atoms with van der Waals surface area (Å²) in [7, 11) is 0. The van der Waals surface area contributed by atoms with Gasteiger partial charge in [0.15, 0.2) is 5.82 Å². The van der Waals surface area contributed by atoms with Crippen molar-refractivity contribution in [2.75, 3.05) is 5.32 Å². The molecule has 1 heterocycles. The Kier molecular flexibility index (Phi) is 3.47. The first-order valence-corrected chi connectivity index (χ1v) is 6.69. The Morgan fingerprint density at radius 1 is 1.05 bits per heavy atom. The van der Waals surface area contributed by atoms with Crippen molar-refractivity contribution in [3.63, 3.8) is 0 Å². The number of aromatic nitrogens is 1. The van der Waals surface area contributed by atoms with E-state index in [1.807, 2.05) is 19.1 Å². The largest absolute Gasteiger partial charge is 0.355 e. The molecule has 0 atom stereocenters. The normalized spacial score (nSPS) is 10.9. The molecule has 2 aromatic carbocycles. The molecule has 0 amide bonds. The fraction of sp³-hybridized carbons (Fsp3) is 0.0625. The summed E-state index contributed by atoms with van der Waals surface area (Å²) in [6.07, 6.45) is 1.48. The van der Waals surface area contributed by atoms with Crippen LogP contribution in [0.4, 0.5) is 20.2 Å². The Bertz CT molecular complexity index is 834. The van der Waals surface area contributed by atoms with E-state index >= 15 is 0 Å². The molecule has 0 spiro atoms. The van der Waals surface area contributed by atoms with Gasteiger partial charge in [-0.25, -0.2) is 8.78 Å². The van der Waals surface area contributed by atoms with Gasteiger partial charge in [0.25, 0.3) is 0 Å². The van der Waals surface area contributed by atoms with Gasteiger partial charge in [0, 0.05) is 34.0 Å². The summed E-state index contributed by atoms with van der Waals surface area (Å²) >= 11 is 5.92. The third kappa shape index (κ3) is 2.67. The van der Waals surface area contributed by atoms with Crippen LogP contribution >= 0.6 is 11.6 Å². The number of pyridine rings is 1. The van der Waals surface area contributed by atoms with Crippen molar-refractivity contribution in [1.29, 1.82) is 0 Å². The molecule has 0 unspecified atom stereocenters. The minimum absolute atomic E-state index is 0.132. The van der Waals surface area contributed by atoms with Crippen LogP contribution in [0.1, 0.15) is 5.56 Å². The van der Waals surface area contributed by atoms with Crippen LogP contribution in [-0.2, 0) is 0 Å². The molecule has 1 N–H and O–H groups in total. The van der Waals surface area contributed by atoms with Crippen molar-refractivity contribution in [3.05, 3.63) is 64.8 Å². The van der Waals surface area contributed by atoms with Crippen molar-refractivity contribution in [3.8, 4) is 0 Å². The average Bonchev–Trinajstić information content (AvgIpc) is 2.42. The van der Waals surface area contributed by atoms with E-state index in [4.69, 9.17) is 11.6 Å². The fourth-order valence-electron chi connectivity index (χ4n) is 2.20. The second-order valence-corrected chi connectivity index (χ2v) is 5.16. The van der Waals surface area contributed by atoms with Crippen molar-refractivity contribution in [2.24, 2.45) is 0 Å². The van der Waals surface area contributed by atoms with E-state index in [0.717, 1.165) is 17.3 Å². The van der Waals surface area contributed by atoms with Crippen LogP contribution in [0.25, 0.3) is 10.9 Å². The maximum Gasteiger partial charge on any atom is 0.152 e. The summed E-state index contributed by atoms with van der Waals surface area (Å²) < 4.78 is 27.2. The zero-order chi connectivity index (χ0) is 15.0. The van der Waals surface area contributed by atoms with Crippen LogP contribution in [0.3, 0.4) is 0 Å². The van der Waals surface area contributed by atoms with Gasteiger partial charge in [-0.3, -0.25) is 4.98 Å². The van der Waals surface area contributed by atoms with Crippen LogP contribution < -0.4 is 5.32 Å². The highest BCUT2D eigenvalue weighted by Gasteiger charge is 2.10. The summed E-state index contributed by atoms with van der Waals surface area (Å²) in [5.74, 6) is -1.31. The Morgan fingerprint density at radius 2 is 1.86 bits per heavy atom. The average molecular weight is 305 g/mol. The Labute approximate surface area is 125 Å². The van der Waals surface area contributed by atoms with Gasteiger partial charge < -0.3 is 5.32 Å². The molecule has 0 aliphatic rings. The molecule has 106 valence electrons. The molecule has 5 heteroatoms. The Morgan fingerprint density at radius 3 is 2.62 bits per heavy atom. The quantitative estimate of drug-likeness (QED) is 0.702. The van der Waals surface area contributed by atoms with E-state index in [2.05, 4.69) is 10.3 Å². The second-order valence-electron chi connectivity index (χ2n) is 4.73. The van der Waals surface area contributed by atoms with Gasteiger partial charge in [-0.2, -0.15) is 0 Å². The summed E-state index contributed by atoms with van der Waals surface area (Å²) in [4.78, 5) is 3.96. The molecule has 1 aromatic heterocycles. The standard InChI is InChI=1S/C16H11ClF2N2/c1-9-6-10(17)2-3-14(9)21-15-4-5-20-16-12(15)7-11(18)8-13(16)19/h2-8H,1H3,(H,20,21). The van der Waals surface area contributed by atoms with E-state index in [0.29, 0.717) is 16.1 Å². The molecule has 0 aliphatic heterocycles. The molecule has 3 rings (SSSR count). The van der Waals surface area contributed by atoms with Crippen molar-refractivity contribution in [2.45, 2.75) is 6.92 Å². The van der Waals surface area contributed by atoms with Gasteiger partial charge in [0.05, 0.1) is 0 Å². The maximum absolute atomic E-state index is 13.8. The summed E-state index contributed by atoms with van der Waals surface area (Å²) in [6.45, 7) is 1.90. The lowest BCUT2D eigenvalue weighted by Gasteiger charge is -2.12. The predicted octanol–water partition coefficient (Wildman–Crippen LogP) is 5.22. The number of benzene rings is 2. The number of nitrogens with one attached hydrogen (secondary N) is 1. The van der Waals surface area contributed by atoms with Gasteiger partial charge in [-0.1, -0.05) is 11.6 Å². The Hall–Kier alpha value is -2.20. The van der Waals surface area contributed by atoms with Crippen molar-refractivity contribution >= 4 is 33.9 Å². The third-order valence-corrected chi connectivity index (χ3v) is 3.46. The first kappa shape index (κ1) is 13.8. The zero-order valence-corrected chi connectivity index (χ0v) is 11.9. The minimum atomic E-state index is -0.679. The van der Waals surface area contributed by atoms with Crippen LogP contribution in [0.15, 0.2) is 42.6 Å². The third-order valence-electron chi connectivity index (χ3n) is 3.22. The monoisotopic (exact) mass is 304 g/mol. The summed E-state index contributed by atoms with van der Waals surface area (Å²) in [6, 6.07) is 9.15. The number of halogens is 3. The second kappa shape index (κ2) is 5.30. The van der Waals surface area contributed by atoms with Gasteiger partial charge in [-0.05, 0) is 42.8 Å². The molecule has 0 radical (unpaired) electrons. The molecule has 0 fully saturated rings. The first-order valence-electron chi connectivity index (χ1n) is 6.31. The van der Waals surface area contributed by atoms with Crippen LogP contribution in [0.2, 0.25) is 5.02 Å². The molecule has 21 heavy (non-hydrogen) atoms. The van der Waals surface area contributed by atoms with Gasteiger partial charge in [0.2, 0.25) is 0 Å². The fourth-order valence-corrected chi connectivity index (χ4v) is 2.43. The molecular weight excluding hydrogens is 294 g/mol. The molecule has 0 saturated carbocycles. The number of rotatable bonds is 2. The minimum Gasteiger partial charge on any atom is -0.355 e. The lowest BCUT2D eigenvalue weighted by molar-refractivity contribution is 0.590. The number of anilines is 2. The zero-order valence-electron chi connectivity index (χ0n) is 11.1. The molecular formula is C16H11ClF2N2. The molecule has 3 aromatic rings. The lowest BCUT2D eigenvalue weighted by atomic mass is 10.1.